The molecule has 0 aromatic heterocycles. The summed E-state index contributed by atoms with van der Waals surface area (Å²) in [5.74, 6) is -0.110. The molecule has 1 aromatic rings. The van der Waals surface area contributed by atoms with Gasteiger partial charge in [-0.3, -0.25) is 10.1 Å². The maximum Gasteiger partial charge on any atom is 0.324 e. The van der Waals surface area contributed by atoms with Gasteiger partial charge in [0.15, 0.2) is 11.6 Å². The molecule has 4 rings (SSSR count). The summed E-state index contributed by atoms with van der Waals surface area (Å²) in [4.78, 5) is 24.1. The zero-order chi connectivity index (χ0) is 23.5. The van der Waals surface area contributed by atoms with Gasteiger partial charge in [-0.1, -0.05) is 25.3 Å². The summed E-state index contributed by atoms with van der Waals surface area (Å²) in [5.41, 5.74) is 0.0463. The van der Waals surface area contributed by atoms with Gasteiger partial charge >= 0.3 is 6.03 Å². The summed E-state index contributed by atoms with van der Waals surface area (Å²) in [5, 5.41) is 2.22. The van der Waals surface area contributed by atoms with Crippen molar-refractivity contribution in [1.29, 1.82) is 0 Å². The molecule has 3 fully saturated rings. The van der Waals surface area contributed by atoms with Crippen LogP contribution in [0.25, 0.3) is 0 Å². The molecule has 2 aliphatic carbocycles. The lowest BCUT2D eigenvalue weighted by atomic mass is 10.1. The van der Waals surface area contributed by atoms with Crippen LogP contribution in [-0.2, 0) is 20.4 Å². The van der Waals surface area contributed by atoms with E-state index in [1.165, 1.54) is 23.8 Å². The summed E-state index contributed by atoms with van der Waals surface area (Å²) in [6, 6.07) is 4.24. The van der Waals surface area contributed by atoms with E-state index in [0.29, 0.717) is 51.2 Å². The number of carbonyl (C=O) groups excluding carboxylic acids is 2. The molecular weight excluding hydrogens is 449 g/mol. The fourth-order valence-corrected chi connectivity index (χ4v) is 6.26. The summed E-state index contributed by atoms with van der Waals surface area (Å²) in [7, 11) is -3.52. The molecule has 2 saturated carbocycles. The number of benzene rings is 1. The van der Waals surface area contributed by atoms with Crippen molar-refractivity contribution in [2.24, 2.45) is 5.92 Å². The Bertz CT molecular complexity index is 990. The lowest BCUT2D eigenvalue weighted by Crippen LogP contribution is -2.36. The molecule has 33 heavy (non-hydrogen) atoms. The van der Waals surface area contributed by atoms with Crippen LogP contribution in [0.4, 0.5) is 9.18 Å². The summed E-state index contributed by atoms with van der Waals surface area (Å²) >= 11 is 0. The minimum Gasteiger partial charge on any atom is -0.490 e. The van der Waals surface area contributed by atoms with Crippen molar-refractivity contribution in [3.8, 4) is 5.75 Å². The van der Waals surface area contributed by atoms with Crippen LogP contribution in [0.1, 0.15) is 63.4 Å². The zero-order valence-corrected chi connectivity index (χ0v) is 19.6. The van der Waals surface area contributed by atoms with E-state index in [1.807, 2.05) is 0 Å². The number of hydrogen-bond acceptors (Lipinski definition) is 5. The van der Waals surface area contributed by atoms with Crippen LogP contribution in [-0.4, -0.2) is 50.7 Å². The van der Waals surface area contributed by atoms with Crippen LogP contribution >= 0.6 is 0 Å². The van der Waals surface area contributed by atoms with Gasteiger partial charge in [-0.2, -0.15) is 0 Å². The summed E-state index contributed by atoms with van der Waals surface area (Å²) in [6.45, 7) is 0.978. The van der Waals surface area contributed by atoms with Gasteiger partial charge < -0.3 is 9.64 Å². The Balaban J connectivity index is 1.26. The summed E-state index contributed by atoms with van der Waals surface area (Å²) in [6.07, 6.45) is 7.62. The van der Waals surface area contributed by atoms with E-state index in [-0.39, 0.29) is 24.0 Å². The highest BCUT2D eigenvalue weighted by Crippen LogP contribution is 2.47. The van der Waals surface area contributed by atoms with Crippen molar-refractivity contribution in [2.75, 3.05) is 25.4 Å². The van der Waals surface area contributed by atoms with E-state index in [2.05, 4.69) is 10.0 Å². The van der Waals surface area contributed by atoms with Crippen LogP contribution in [0.15, 0.2) is 18.2 Å². The highest BCUT2D eigenvalue weighted by molar-refractivity contribution is 7.89. The number of carbonyl (C=O) groups is 2. The Hall–Kier alpha value is -2.20. The lowest BCUT2D eigenvalue weighted by Gasteiger charge is -2.20. The Morgan fingerprint density at radius 3 is 2.58 bits per heavy atom. The minimum absolute atomic E-state index is 0.0217. The van der Waals surface area contributed by atoms with Crippen molar-refractivity contribution in [1.82, 2.24) is 14.9 Å². The van der Waals surface area contributed by atoms with Gasteiger partial charge in [0.1, 0.15) is 6.54 Å². The number of nitrogens with one attached hydrogen (secondary N) is 2. The van der Waals surface area contributed by atoms with E-state index in [0.717, 1.165) is 18.4 Å². The second-order valence-corrected chi connectivity index (χ2v) is 11.3. The predicted octanol–water partition coefficient (Wildman–Crippen LogP) is 3.03. The number of imide groups is 1. The van der Waals surface area contributed by atoms with Crippen molar-refractivity contribution in [3.05, 3.63) is 29.6 Å². The van der Waals surface area contributed by atoms with Gasteiger partial charge in [-0.15, -0.1) is 0 Å². The molecular formula is C23H32FN3O5S. The first-order valence-electron chi connectivity index (χ1n) is 11.8. The molecule has 1 saturated heterocycles. The fraction of sp³-hybridized carbons (Fsp3) is 0.652. The molecule has 3 aliphatic rings. The van der Waals surface area contributed by atoms with Gasteiger partial charge in [0.05, 0.1) is 17.9 Å². The molecule has 1 aliphatic heterocycles. The molecule has 1 heterocycles. The third-order valence-electron chi connectivity index (χ3n) is 6.74. The Morgan fingerprint density at radius 1 is 1.15 bits per heavy atom. The molecule has 3 amide bonds. The molecule has 10 heteroatoms. The molecule has 0 bridgehead atoms. The first-order valence-corrected chi connectivity index (χ1v) is 13.4. The SMILES string of the molecule is O=C1CN(CCCCCS(=O)(=O)NC2(c3ccc(F)c(OCC4CCCC4)c3)CC2)C(=O)N1. The number of ether oxygens (including phenoxy) is 1. The van der Waals surface area contributed by atoms with E-state index in [4.69, 9.17) is 4.74 Å². The molecule has 0 unspecified atom stereocenters. The van der Waals surface area contributed by atoms with Crippen molar-refractivity contribution >= 4 is 22.0 Å². The Morgan fingerprint density at radius 2 is 1.91 bits per heavy atom. The largest absolute Gasteiger partial charge is 0.490 e. The molecule has 8 nitrogen and oxygen atoms in total. The van der Waals surface area contributed by atoms with Crippen molar-refractivity contribution in [3.63, 3.8) is 0 Å². The second-order valence-electron chi connectivity index (χ2n) is 9.45. The minimum atomic E-state index is -3.52. The van der Waals surface area contributed by atoms with Gasteiger partial charge in [0.2, 0.25) is 15.9 Å². The smallest absolute Gasteiger partial charge is 0.324 e. The van der Waals surface area contributed by atoms with Gasteiger partial charge in [0.25, 0.3) is 0 Å². The highest BCUT2D eigenvalue weighted by atomic mass is 32.2. The third kappa shape index (κ3) is 6.23. The second kappa shape index (κ2) is 9.97. The zero-order valence-electron chi connectivity index (χ0n) is 18.8. The van der Waals surface area contributed by atoms with Crippen LogP contribution in [0, 0.1) is 11.7 Å². The van der Waals surface area contributed by atoms with Gasteiger partial charge in [-0.25, -0.2) is 22.3 Å². The number of urea groups is 1. The average molecular weight is 482 g/mol. The number of halogens is 1. The average Bonchev–Trinajstić information content (AvgIpc) is 3.18. The first kappa shape index (κ1) is 23.9. The monoisotopic (exact) mass is 481 g/mol. The summed E-state index contributed by atoms with van der Waals surface area (Å²) < 4.78 is 48.2. The predicted molar refractivity (Wildman–Crippen MR) is 121 cm³/mol. The molecule has 0 radical (unpaired) electrons. The number of rotatable bonds is 12. The van der Waals surface area contributed by atoms with Crippen molar-refractivity contribution in [2.45, 2.75) is 63.3 Å². The van der Waals surface area contributed by atoms with Crippen LogP contribution in [0.5, 0.6) is 5.75 Å². The van der Waals surface area contributed by atoms with Crippen LogP contribution in [0.2, 0.25) is 0 Å². The van der Waals surface area contributed by atoms with Crippen molar-refractivity contribution < 1.29 is 27.1 Å². The number of unbranched alkanes of at least 4 members (excludes halogenated alkanes) is 2. The van der Waals surface area contributed by atoms with Crippen LogP contribution < -0.4 is 14.8 Å². The van der Waals surface area contributed by atoms with E-state index in [1.54, 1.807) is 12.1 Å². The Kier molecular flexibility index (Phi) is 7.23. The standard InChI is InChI=1S/C23H32FN3O5S/c24-19-9-8-18(14-20(19)32-16-17-6-2-3-7-17)23(10-11-23)26-33(30,31)13-5-1-4-12-27-15-21(28)25-22(27)29/h8-9,14,17,26H,1-7,10-13,15-16H2,(H,25,28,29). The number of nitrogens with zero attached hydrogens (tertiary/aromatic N) is 1. The molecule has 182 valence electrons. The van der Waals surface area contributed by atoms with Gasteiger partial charge in [-0.05, 0) is 62.1 Å². The fourth-order valence-electron chi connectivity index (χ4n) is 4.65. The Labute approximate surface area is 194 Å². The van der Waals surface area contributed by atoms with E-state index >= 15 is 0 Å². The quantitative estimate of drug-likeness (QED) is 0.353. The lowest BCUT2D eigenvalue weighted by molar-refractivity contribution is -0.118. The normalized spacial score (nSPS) is 20.3. The number of amides is 3. The van der Waals surface area contributed by atoms with E-state index < -0.39 is 27.4 Å². The first-order chi connectivity index (χ1) is 15.8. The third-order valence-corrected chi connectivity index (χ3v) is 8.27. The molecule has 0 atom stereocenters. The highest BCUT2D eigenvalue weighted by Gasteiger charge is 2.47. The molecule has 2 N–H and O–H groups in total. The topological polar surface area (TPSA) is 105 Å². The number of sulfonamides is 1. The van der Waals surface area contributed by atoms with Gasteiger partial charge in [0, 0.05) is 6.54 Å². The van der Waals surface area contributed by atoms with Crippen LogP contribution in [0.3, 0.4) is 0 Å². The maximum absolute atomic E-state index is 14.3. The molecule has 1 aromatic carbocycles. The number of hydrogen-bond donors (Lipinski definition) is 2. The van der Waals surface area contributed by atoms with E-state index in [9.17, 15) is 22.4 Å². The molecule has 0 spiro atoms. The maximum atomic E-state index is 14.3.